The average Bonchev–Trinajstić information content (AvgIpc) is 3.24. The number of aryl methyl sites for hydroxylation is 1. The molecule has 3 aliphatic rings. The van der Waals surface area contributed by atoms with Gasteiger partial charge in [0, 0.05) is 32.4 Å². The van der Waals surface area contributed by atoms with Gasteiger partial charge in [0.25, 0.3) is 5.91 Å². The highest BCUT2D eigenvalue weighted by atomic mass is 32.2. The number of piperidine rings is 1. The van der Waals surface area contributed by atoms with Crippen molar-refractivity contribution < 1.29 is 9.59 Å². The number of aliphatic imine (C=N–C) groups is 1. The van der Waals surface area contributed by atoms with Crippen molar-refractivity contribution in [3.8, 4) is 0 Å². The maximum atomic E-state index is 12.7. The second kappa shape index (κ2) is 7.86. The highest BCUT2D eigenvalue weighted by molar-refractivity contribution is 8.01. The number of urea groups is 1. The molecule has 152 valence electrons. The number of hydrogen-bond donors (Lipinski definition) is 1. The summed E-state index contributed by atoms with van der Waals surface area (Å²) in [6.07, 6.45) is 1.85. The zero-order valence-electron chi connectivity index (χ0n) is 16.3. The zero-order chi connectivity index (χ0) is 19.8. The van der Waals surface area contributed by atoms with Gasteiger partial charge in [0.05, 0.1) is 0 Å². The number of hydrogen-bond acceptors (Lipinski definition) is 9. The van der Waals surface area contributed by atoms with Crippen LogP contribution in [0.15, 0.2) is 9.33 Å². The maximum Gasteiger partial charge on any atom is 0.325 e. The van der Waals surface area contributed by atoms with E-state index in [0.29, 0.717) is 12.5 Å². The lowest BCUT2D eigenvalue weighted by atomic mass is 10.0. The Morgan fingerprint density at radius 2 is 2.14 bits per heavy atom. The van der Waals surface area contributed by atoms with Gasteiger partial charge >= 0.3 is 6.03 Å². The van der Waals surface area contributed by atoms with Crippen molar-refractivity contribution in [2.75, 3.05) is 32.4 Å². The number of thioether (sulfide) groups is 1. The molecule has 2 saturated heterocycles. The van der Waals surface area contributed by atoms with Crippen LogP contribution >= 0.6 is 23.1 Å². The van der Waals surface area contributed by atoms with E-state index in [9.17, 15) is 9.59 Å². The SMILES string of the molecule is Cc1nnc(SCCN2C(N3CCCC(C)C3)=NC3C2C(=O)NC(=O)N3C)s1. The Balaban J connectivity index is 1.53. The number of carbonyl (C=O) groups is 2. The summed E-state index contributed by atoms with van der Waals surface area (Å²) in [5, 5.41) is 11.6. The molecular formula is C17H25N7O2S2. The molecule has 3 aliphatic heterocycles. The molecule has 0 saturated carbocycles. The van der Waals surface area contributed by atoms with E-state index in [4.69, 9.17) is 4.99 Å². The van der Waals surface area contributed by atoms with Crippen LogP contribution in [0, 0.1) is 12.8 Å². The summed E-state index contributed by atoms with van der Waals surface area (Å²) in [6, 6.07) is -0.867. The third kappa shape index (κ3) is 3.69. The Bertz CT molecular complexity index is 798. The van der Waals surface area contributed by atoms with Gasteiger partial charge in [-0.15, -0.1) is 10.2 Å². The Morgan fingerprint density at radius 1 is 1.32 bits per heavy atom. The lowest BCUT2D eigenvalue weighted by Crippen LogP contribution is -2.64. The second-order valence-electron chi connectivity index (χ2n) is 7.52. The molecule has 0 bridgehead atoms. The van der Waals surface area contributed by atoms with E-state index in [0.717, 1.165) is 40.6 Å². The summed E-state index contributed by atoms with van der Waals surface area (Å²) < 4.78 is 0.929. The molecule has 4 rings (SSSR count). The molecule has 3 unspecified atom stereocenters. The van der Waals surface area contributed by atoms with E-state index < -0.39 is 12.2 Å². The highest BCUT2D eigenvalue weighted by Gasteiger charge is 2.49. The minimum Gasteiger partial charge on any atom is -0.342 e. The number of likely N-dealkylation sites (tertiary alicyclic amines) is 1. The van der Waals surface area contributed by atoms with Gasteiger partial charge in [-0.1, -0.05) is 30.0 Å². The molecule has 1 aromatic heterocycles. The van der Waals surface area contributed by atoms with Gasteiger partial charge in [0.15, 0.2) is 22.5 Å². The number of rotatable bonds is 4. The number of amides is 3. The minimum absolute atomic E-state index is 0.270. The fourth-order valence-corrected chi connectivity index (χ4v) is 5.78. The van der Waals surface area contributed by atoms with Crippen molar-refractivity contribution in [3.63, 3.8) is 0 Å². The molecule has 9 nitrogen and oxygen atoms in total. The van der Waals surface area contributed by atoms with E-state index in [1.54, 1.807) is 30.1 Å². The predicted molar refractivity (Wildman–Crippen MR) is 108 cm³/mol. The van der Waals surface area contributed by atoms with Crippen molar-refractivity contribution >= 4 is 41.0 Å². The fraction of sp³-hybridized carbons (Fsp3) is 0.706. The Kier molecular flexibility index (Phi) is 5.46. The van der Waals surface area contributed by atoms with Crippen LogP contribution in [0.3, 0.4) is 0 Å². The van der Waals surface area contributed by atoms with Gasteiger partial charge in [-0.25, -0.2) is 9.79 Å². The first-order valence-electron chi connectivity index (χ1n) is 9.54. The third-order valence-electron chi connectivity index (χ3n) is 5.34. The largest absolute Gasteiger partial charge is 0.342 e. The quantitative estimate of drug-likeness (QED) is 0.728. The van der Waals surface area contributed by atoms with Gasteiger partial charge in [0.1, 0.15) is 5.01 Å². The summed E-state index contributed by atoms with van der Waals surface area (Å²) >= 11 is 3.21. The van der Waals surface area contributed by atoms with E-state index in [1.807, 2.05) is 6.92 Å². The number of fused-ring (bicyclic) bond motifs is 1. The lowest BCUT2D eigenvalue weighted by Gasteiger charge is -2.39. The monoisotopic (exact) mass is 423 g/mol. The molecule has 11 heteroatoms. The number of aromatic nitrogens is 2. The fourth-order valence-electron chi connectivity index (χ4n) is 3.95. The summed E-state index contributed by atoms with van der Waals surface area (Å²) in [4.78, 5) is 35.4. The average molecular weight is 424 g/mol. The topological polar surface area (TPSA) is 94.0 Å². The Hall–Kier alpha value is -1.88. The van der Waals surface area contributed by atoms with E-state index in [1.165, 1.54) is 11.3 Å². The molecule has 1 aromatic rings. The number of guanidine groups is 1. The van der Waals surface area contributed by atoms with Crippen molar-refractivity contribution in [3.05, 3.63) is 5.01 Å². The summed E-state index contributed by atoms with van der Waals surface area (Å²) in [5.74, 6) is 1.93. The van der Waals surface area contributed by atoms with Crippen LogP contribution in [0.1, 0.15) is 24.8 Å². The molecule has 0 spiro atoms. The van der Waals surface area contributed by atoms with Gasteiger partial charge < -0.3 is 14.7 Å². The molecule has 0 aromatic carbocycles. The Labute approximate surface area is 172 Å². The lowest BCUT2D eigenvalue weighted by molar-refractivity contribution is -0.127. The first-order valence-corrected chi connectivity index (χ1v) is 11.3. The molecule has 3 atom stereocenters. The molecular weight excluding hydrogens is 398 g/mol. The first-order chi connectivity index (χ1) is 13.4. The summed E-state index contributed by atoms with van der Waals surface area (Å²) in [5.41, 5.74) is 0. The number of nitrogens with one attached hydrogen (secondary N) is 1. The van der Waals surface area contributed by atoms with Crippen molar-refractivity contribution in [2.45, 2.75) is 43.2 Å². The second-order valence-corrected chi connectivity index (χ2v) is 10.0. The molecule has 0 radical (unpaired) electrons. The number of nitrogens with zero attached hydrogens (tertiary/aromatic N) is 6. The standard InChI is InChI=1S/C17H25N7O2S2/c1-10-5-4-6-23(9-10)15-18-13-12(14(25)19-16(26)22(13)3)24(15)7-8-27-17-21-20-11(2)28-17/h10,12-13H,4-9H2,1-3H3,(H,19,25,26). The van der Waals surface area contributed by atoms with Gasteiger partial charge in [-0.3, -0.25) is 10.1 Å². The normalized spacial score (nSPS) is 27.8. The molecule has 28 heavy (non-hydrogen) atoms. The molecule has 0 aliphatic carbocycles. The van der Waals surface area contributed by atoms with Crippen LogP contribution in [0.5, 0.6) is 0 Å². The number of carbonyl (C=O) groups excluding carboxylic acids is 2. The maximum absolute atomic E-state index is 12.7. The van der Waals surface area contributed by atoms with Crippen molar-refractivity contribution in [1.29, 1.82) is 0 Å². The smallest absolute Gasteiger partial charge is 0.325 e. The summed E-state index contributed by atoms with van der Waals surface area (Å²) in [7, 11) is 1.70. The van der Waals surface area contributed by atoms with Crippen molar-refractivity contribution in [2.24, 2.45) is 10.9 Å². The van der Waals surface area contributed by atoms with E-state index >= 15 is 0 Å². The van der Waals surface area contributed by atoms with Crippen LogP contribution < -0.4 is 5.32 Å². The molecule has 4 heterocycles. The summed E-state index contributed by atoms with van der Waals surface area (Å²) in [6.45, 7) is 6.70. The van der Waals surface area contributed by atoms with Crippen LogP contribution in [-0.2, 0) is 4.79 Å². The third-order valence-corrected chi connectivity index (χ3v) is 7.30. The van der Waals surface area contributed by atoms with Crippen LogP contribution in [0.2, 0.25) is 0 Å². The van der Waals surface area contributed by atoms with Crippen LogP contribution in [-0.4, -0.2) is 87.4 Å². The number of imide groups is 1. The number of likely N-dealkylation sites (N-methyl/N-ethyl adjacent to an activating group) is 1. The van der Waals surface area contributed by atoms with Gasteiger partial charge in [-0.05, 0) is 25.7 Å². The van der Waals surface area contributed by atoms with Crippen molar-refractivity contribution in [1.82, 2.24) is 30.2 Å². The highest BCUT2D eigenvalue weighted by Crippen LogP contribution is 2.29. The van der Waals surface area contributed by atoms with Gasteiger partial charge in [-0.2, -0.15) is 0 Å². The molecule has 3 amide bonds. The first kappa shape index (κ1) is 19.4. The van der Waals surface area contributed by atoms with Crippen LogP contribution in [0.4, 0.5) is 4.79 Å². The van der Waals surface area contributed by atoms with E-state index in [-0.39, 0.29) is 11.9 Å². The Morgan fingerprint density at radius 3 is 2.86 bits per heavy atom. The zero-order valence-corrected chi connectivity index (χ0v) is 17.9. The predicted octanol–water partition coefficient (Wildman–Crippen LogP) is 1.22. The van der Waals surface area contributed by atoms with E-state index in [2.05, 4.69) is 32.2 Å². The molecule has 1 N–H and O–H groups in total. The van der Waals surface area contributed by atoms with Crippen LogP contribution in [0.25, 0.3) is 0 Å². The molecule has 2 fully saturated rings. The van der Waals surface area contributed by atoms with Gasteiger partial charge in [0.2, 0.25) is 0 Å². The minimum atomic E-state index is -0.480.